The molecular weight excluding hydrogens is 124 g/mol. The van der Waals surface area contributed by atoms with E-state index in [0.29, 0.717) is 5.92 Å². The Morgan fingerprint density at radius 3 is 2.90 bits per heavy atom. The predicted octanol–water partition coefficient (Wildman–Crippen LogP) is 1.64. The van der Waals surface area contributed by atoms with Gasteiger partial charge in [0.05, 0.1) is 5.60 Å². The van der Waals surface area contributed by atoms with Crippen molar-refractivity contribution in [3.05, 3.63) is 24.3 Å². The Morgan fingerprint density at radius 1 is 1.80 bits per heavy atom. The molecule has 1 N–H and O–H groups in total. The summed E-state index contributed by atoms with van der Waals surface area (Å²) >= 11 is 0. The smallest absolute Gasteiger partial charge is 0.0839 e. The van der Waals surface area contributed by atoms with Crippen LogP contribution in [0.4, 0.5) is 0 Å². The van der Waals surface area contributed by atoms with Crippen molar-refractivity contribution in [2.45, 2.75) is 24.9 Å². The lowest BCUT2D eigenvalue weighted by molar-refractivity contribution is 0.103. The minimum atomic E-state index is -0.450. The van der Waals surface area contributed by atoms with Gasteiger partial charge in [0.15, 0.2) is 0 Å². The molecule has 2 bridgehead atoms. The van der Waals surface area contributed by atoms with E-state index in [-0.39, 0.29) is 0 Å². The first-order valence-corrected chi connectivity index (χ1v) is 3.81. The van der Waals surface area contributed by atoms with Crippen molar-refractivity contribution >= 4 is 0 Å². The first-order valence-electron chi connectivity index (χ1n) is 3.81. The van der Waals surface area contributed by atoms with Crippen LogP contribution in [-0.2, 0) is 0 Å². The van der Waals surface area contributed by atoms with Gasteiger partial charge >= 0.3 is 0 Å². The van der Waals surface area contributed by atoms with Crippen LogP contribution in [0.2, 0.25) is 0 Å². The lowest BCUT2D eigenvalue weighted by Gasteiger charge is -2.14. The van der Waals surface area contributed by atoms with Crippen molar-refractivity contribution in [3.8, 4) is 0 Å². The van der Waals surface area contributed by atoms with Gasteiger partial charge < -0.3 is 5.11 Å². The maximum atomic E-state index is 9.72. The molecule has 0 aliphatic heterocycles. The molecule has 0 aromatic rings. The van der Waals surface area contributed by atoms with Gasteiger partial charge in [0.2, 0.25) is 0 Å². The molecule has 2 aliphatic carbocycles. The Hall–Kier alpha value is -0.560. The van der Waals surface area contributed by atoms with E-state index in [2.05, 4.69) is 6.58 Å². The molecule has 0 aromatic heterocycles. The number of aliphatic hydroxyl groups is 1. The number of hydrogen-bond acceptors (Lipinski definition) is 1. The van der Waals surface area contributed by atoms with E-state index in [1.807, 2.05) is 12.2 Å². The third-order valence-electron chi connectivity index (χ3n) is 2.67. The van der Waals surface area contributed by atoms with E-state index in [0.717, 1.165) is 19.3 Å². The molecule has 2 rings (SSSR count). The van der Waals surface area contributed by atoms with Crippen molar-refractivity contribution < 1.29 is 5.11 Å². The summed E-state index contributed by atoms with van der Waals surface area (Å²) in [5.41, 5.74) is 0.808. The second-order valence-electron chi connectivity index (χ2n) is 3.39. The highest BCUT2D eigenvalue weighted by molar-refractivity contribution is 5.33. The first kappa shape index (κ1) is 6.17. The molecule has 0 heterocycles. The van der Waals surface area contributed by atoms with Crippen molar-refractivity contribution in [2.24, 2.45) is 5.92 Å². The van der Waals surface area contributed by atoms with Crippen molar-refractivity contribution in [1.29, 1.82) is 0 Å². The van der Waals surface area contributed by atoms with E-state index >= 15 is 0 Å². The number of rotatable bonds is 1. The van der Waals surface area contributed by atoms with Crippen molar-refractivity contribution in [2.75, 3.05) is 0 Å². The Balaban J connectivity index is 2.34. The summed E-state index contributed by atoms with van der Waals surface area (Å²) in [6.07, 6.45) is 6.90. The fraction of sp³-hybridized carbons (Fsp3) is 0.556. The molecule has 2 atom stereocenters. The fourth-order valence-electron chi connectivity index (χ4n) is 2.12. The Morgan fingerprint density at radius 2 is 2.60 bits per heavy atom. The highest BCUT2D eigenvalue weighted by atomic mass is 16.3. The second kappa shape index (κ2) is 1.73. The quantitative estimate of drug-likeness (QED) is 0.581. The van der Waals surface area contributed by atoms with Gasteiger partial charge in [-0.2, -0.15) is 0 Å². The largest absolute Gasteiger partial charge is 0.386 e. The van der Waals surface area contributed by atoms with Crippen LogP contribution in [0.25, 0.3) is 0 Å². The first-order chi connectivity index (χ1) is 4.73. The van der Waals surface area contributed by atoms with Crippen LogP contribution in [0.1, 0.15) is 19.3 Å². The zero-order chi connectivity index (χ0) is 7.19. The molecule has 0 aromatic carbocycles. The standard InChI is InChI=1S/C9H12O/c1-2-7-5-9(10)4-3-8(7)6-9/h2,5,8,10H,1,3-4,6H2/t8-,9+/m0/s1. The number of allylic oxidation sites excluding steroid dienone is 2. The van der Waals surface area contributed by atoms with Gasteiger partial charge in [-0.15, -0.1) is 0 Å². The van der Waals surface area contributed by atoms with Gasteiger partial charge in [0, 0.05) is 0 Å². The summed E-state index contributed by atoms with van der Waals surface area (Å²) in [5.74, 6) is 0.613. The SMILES string of the molecule is C=CC1=C[C@]2(O)CC[C@H]1C2. The monoisotopic (exact) mass is 136 g/mol. The van der Waals surface area contributed by atoms with E-state index < -0.39 is 5.60 Å². The van der Waals surface area contributed by atoms with Crippen LogP contribution >= 0.6 is 0 Å². The third-order valence-corrected chi connectivity index (χ3v) is 2.67. The van der Waals surface area contributed by atoms with E-state index in [1.54, 1.807) is 0 Å². The van der Waals surface area contributed by atoms with Gasteiger partial charge in [-0.25, -0.2) is 0 Å². The third kappa shape index (κ3) is 0.671. The lowest BCUT2D eigenvalue weighted by atomic mass is 9.98. The Kier molecular flexibility index (Phi) is 1.07. The summed E-state index contributed by atoms with van der Waals surface area (Å²) in [5, 5.41) is 9.72. The van der Waals surface area contributed by atoms with Crippen molar-refractivity contribution in [1.82, 2.24) is 0 Å². The van der Waals surface area contributed by atoms with Gasteiger partial charge in [-0.3, -0.25) is 0 Å². The molecule has 0 spiro atoms. The Labute approximate surface area is 61.1 Å². The molecular formula is C9H12O. The summed E-state index contributed by atoms with van der Waals surface area (Å²) in [7, 11) is 0. The lowest BCUT2D eigenvalue weighted by Crippen LogP contribution is -2.18. The topological polar surface area (TPSA) is 20.2 Å². The summed E-state index contributed by atoms with van der Waals surface area (Å²) in [4.78, 5) is 0. The molecule has 1 heteroatoms. The van der Waals surface area contributed by atoms with Crippen LogP contribution < -0.4 is 0 Å². The van der Waals surface area contributed by atoms with Gasteiger partial charge in [0.25, 0.3) is 0 Å². The predicted molar refractivity (Wildman–Crippen MR) is 40.6 cm³/mol. The average Bonchev–Trinajstić information content (AvgIpc) is 2.41. The molecule has 2 aliphatic rings. The molecule has 1 nitrogen and oxygen atoms in total. The molecule has 54 valence electrons. The van der Waals surface area contributed by atoms with E-state index in [1.165, 1.54) is 5.57 Å². The normalized spacial score (nSPS) is 43.7. The highest BCUT2D eigenvalue weighted by Gasteiger charge is 2.42. The molecule has 10 heavy (non-hydrogen) atoms. The van der Waals surface area contributed by atoms with Crippen LogP contribution in [0.5, 0.6) is 0 Å². The van der Waals surface area contributed by atoms with Crippen LogP contribution in [-0.4, -0.2) is 10.7 Å². The summed E-state index contributed by atoms with van der Waals surface area (Å²) < 4.78 is 0. The molecule has 0 radical (unpaired) electrons. The maximum Gasteiger partial charge on any atom is 0.0839 e. The average molecular weight is 136 g/mol. The zero-order valence-electron chi connectivity index (χ0n) is 6.01. The minimum Gasteiger partial charge on any atom is -0.386 e. The molecule has 1 saturated carbocycles. The van der Waals surface area contributed by atoms with Crippen LogP contribution in [0, 0.1) is 5.92 Å². The second-order valence-corrected chi connectivity index (χ2v) is 3.39. The van der Waals surface area contributed by atoms with E-state index in [4.69, 9.17) is 0 Å². The minimum absolute atomic E-state index is 0.450. The molecule has 0 amide bonds. The van der Waals surface area contributed by atoms with E-state index in [9.17, 15) is 5.11 Å². The molecule has 1 fully saturated rings. The number of hydrogen-bond donors (Lipinski definition) is 1. The van der Waals surface area contributed by atoms with Crippen molar-refractivity contribution in [3.63, 3.8) is 0 Å². The number of fused-ring (bicyclic) bond motifs is 2. The van der Waals surface area contributed by atoms with Crippen LogP contribution in [0.3, 0.4) is 0 Å². The summed E-state index contributed by atoms with van der Waals surface area (Å²) in [6.45, 7) is 3.71. The maximum absolute atomic E-state index is 9.72. The molecule has 0 unspecified atom stereocenters. The van der Waals surface area contributed by atoms with Crippen LogP contribution in [0.15, 0.2) is 24.3 Å². The fourth-order valence-corrected chi connectivity index (χ4v) is 2.12. The summed E-state index contributed by atoms with van der Waals surface area (Å²) in [6, 6.07) is 0. The highest BCUT2D eigenvalue weighted by Crippen LogP contribution is 2.46. The molecule has 0 saturated heterocycles. The zero-order valence-corrected chi connectivity index (χ0v) is 6.01. The van der Waals surface area contributed by atoms with Gasteiger partial charge in [0.1, 0.15) is 0 Å². The Bertz CT molecular complexity index is 205. The van der Waals surface area contributed by atoms with Gasteiger partial charge in [-0.1, -0.05) is 12.7 Å². The van der Waals surface area contributed by atoms with Gasteiger partial charge in [-0.05, 0) is 36.8 Å².